The normalized spacial score (nSPS) is 12.5. The third-order valence-corrected chi connectivity index (χ3v) is 2.99. The minimum atomic E-state index is -0.510. The largest absolute Gasteiger partial charge is 0.482 e. The predicted octanol–water partition coefficient (Wildman–Crippen LogP) is 2.34. The number of ether oxygens (including phenoxy) is 3. The molecule has 106 valence electrons. The van der Waals surface area contributed by atoms with Crippen LogP contribution in [0.2, 0.25) is 0 Å². The van der Waals surface area contributed by atoms with Gasteiger partial charge in [0, 0.05) is 5.56 Å². The molecular weight excluding hydrogens is 272 g/mol. The Morgan fingerprint density at radius 1 is 1.10 bits per heavy atom. The van der Waals surface area contributed by atoms with Crippen molar-refractivity contribution in [3.05, 3.63) is 59.7 Å². The molecule has 0 atom stereocenters. The maximum absolute atomic E-state index is 11.7. The van der Waals surface area contributed by atoms with E-state index in [1.54, 1.807) is 30.3 Å². The van der Waals surface area contributed by atoms with Gasteiger partial charge in [-0.3, -0.25) is 0 Å². The third kappa shape index (κ3) is 3.02. The van der Waals surface area contributed by atoms with E-state index in [-0.39, 0.29) is 19.2 Å². The van der Waals surface area contributed by atoms with Gasteiger partial charge >= 0.3 is 11.9 Å². The molecule has 5 heteroatoms. The van der Waals surface area contributed by atoms with Gasteiger partial charge in [0.15, 0.2) is 6.61 Å². The van der Waals surface area contributed by atoms with Gasteiger partial charge in [0.05, 0.1) is 5.56 Å². The minimum absolute atomic E-state index is 0.184. The number of carbonyl (C=O) groups is 2. The van der Waals surface area contributed by atoms with Gasteiger partial charge in [0.25, 0.3) is 0 Å². The summed E-state index contributed by atoms with van der Waals surface area (Å²) in [6, 6.07) is 13.8. The Labute approximate surface area is 121 Å². The van der Waals surface area contributed by atoms with Gasteiger partial charge in [0.2, 0.25) is 0 Å². The third-order valence-electron chi connectivity index (χ3n) is 2.99. The highest BCUT2D eigenvalue weighted by atomic mass is 16.6. The van der Waals surface area contributed by atoms with Crippen LogP contribution < -0.4 is 9.47 Å². The molecular formula is C16H12O5. The van der Waals surface area contributed by atoms with Crippen molar-refractivity contribution in [3.8, 4) is 11.5 Å². The molecule has 0 unspecified atom stereocenters. The monoisotopic (exact) mass is 284 g/mol. The van der Waals surface area contributed by atoms with Crippen LogP contribution in [0.25, 0.3) is 0 Å². The van der Waals surface area contributed by atoms with Crippen molar-refractivity contribution < 1.29 is 23.8 Å². The lowest BCUT2D eigenvalue weighted by Gasteiger charge is -2.07. The van der Waals surface area contributed by atoms with Crippen LogP contribution in [0.15, 0.2) is 48.5 Å². The first-order valence-electron chi connectivity index (χ1n) is 6.41. The molecule has 1 heterocycles. The number of hydrogen-bond donors (Lipinski definition) is 0. The van der Waals surface area contributed by atoms with Crippen LogP contribution in [-0.2, 0) is 16.1 Å². The summed E-state index contributed by atoms with van der Waals surface area (Å²) < 4.78 is 15.3. The van der Waals surface area contributed by atoms with Gasteiger partial charge in [-0.15, -0.1) is 0 Å². The first-order chi connectivity index (χ1) is 10.2. The van der Waals surface area contributed by atoms with Crippen molar-refractivity contribution >= 4 is 11.9 Å². The fourth-order valence-corrected chi connectivity index (χ4v) is 1.99. The van der Waals surface area contributed by atoms with Gasteiger partial charge in [-0.05, 0) is 30.3 Å². The van der Waals surface area contributed by atoms with E-state index in [1.165, 1.54) is 0 Å². The summed E-state index contributed by atoms with van der Waals surface area (Å²) in [5.41, 5.74) is 1.23. The zero-order chi connectivity index (χ0) is 14.7. The van der Waals surface area contributed by atoms with Crippen LogP contribution >= 0.6 is 0 Å². The molecule has 0 saturated heterocycles. The molecule has 0 fully saturated rings. The van der Waals surface area contributed by atoms with E-state index in [1.807, 2.05) is 18.2 Å². The van der Waals surface area contributed by atoms with Crippen LogP contribution in [0, 0.1) is 0 Å². The van der Waals surface area contributed by atoms with E-state index in [2.05, 4.69) is 0 Å². The molecule has 0 saturated carbocycles. The SMILES string of the molecule is O=C(COc1ccccc1)Oc1ccc2c(c1)COC2=O. The molecule has 2 aromatic rings. The van der Waals surface area contributed by atoms with Crippen molar-refractivity contribution in [3.63, 3.8) is 0 Å². The highest BCUT2D eigenvalue weighted by Gasteiger charge is 2.21. The molecule has 0 amide bonds. The standard InChI is InChI=1S/C16H12O5/c17-15(10-19-12-4-2-1-3-5-12)21-13-6-7-14-11(8-13)9-20-16(14)18/h1-8H,9-10H2. The molecule has 0 bridgehead atoms. The average molecular weight is 284 g/mol. The molecule has 1 aliphatic rings. The fraction of sp³-hybridized carbons (Fsp3) is 0.125. The second-order valence-corrected chi connectivity index (χ2v) is 4.47. The molecule has 0 radical (unpaired) electrons. The van der Waals surface area contributed by atoms with Crippen molar-refractivity contribution in [2.24, 2.45) is 0 Å². The molecule has 5 nitrogen and oxygen atoms in total. The molecule has 21 heavy (non-hydrogen) atoms. The van der Waals surface area contributed by atoms with Crippen LogP contribution in [0.3, 0.4) is 0 Å². The number of hydrogen-bond acceptors (Lipinski definition) is 5. The minimum Gasteiger partial charge on any atom is -0.482 e. The number of cyclic esters (lactones) is 1. The molecule has 0 aromatic heterocycles. The Bertz CT molecular complexity index is 678. The molecule has 0 spiro atoms. The summed E-state index contributed by atoms with van der Waals surface area (Å²) >= 11 is 0. The Kier molecular flexibility index (Phi) is 3.55. The smallest absolute Gasteiger partial charge is 0.349 e. The van der Waals surface area contributed by atoms with E-state index in [0.717, 1.165) is 0 Å². The van der Waals surface area contributed by atoms with E-state index < -0.39 is 5.97 Å². The molecule has 1 aliphatic heterocycles. The van der Waals surface area contributed by atoms with Crippen LogP contribution in [0.4, 0.5) is 0 Å². The maximum atomic E-state index is 11.7. The number of benzene rings is 2. The van der Waals surface area contributed by atoms with Crippen LogP contribution in [0.1, 0.15) is 15.9 Å². The zero-order valence-corrected chi connectivity index (χ0v) is 11.1. The van der Waals surface area contributed by atoms with Gasteiger partial charge < -0.3 is 14.2 Å². The van der Waals surface area contributed by atoms with Gasteiger partial charge in [-0.1, -0.05) is 18.2 Å². The lowest BCUT2D eigenvalue weighted by atomic mass is 10.1. The highest BCUT2D eigenvalue weighted by Crippen LogP contribution is 2.24. The van der Waals surface area contributed by atoms with Crippen molar-refractivity contribution in [2.45, 2.75) is 6.61 Å². The Hall–Kier alpha value is -2.82. The van der Waals surface area contributed by atoms with E-state index in [4.69, 9.17) is 14.2 Å². The van der Waals surface area contributed by atoms with E-state index in [9.17, 15) is 9.59 Å². The summed E-state index contributed by atoms with van der Waals surface area (Å²) in [6.45, 7) is 0.0244. The molecule has 0 N–H and O–H groups in total. The first kappa shape index (κ1) is 13.2. The maximum Gasteiger partial charge on any atom is 0.349 e. The predicted molar refractivity (Wildman–Crippen MR) is 73.1 cm³/mol. The molecule has 0 aliphatic carbocycles. The number of carbonyl (C=O) groups excluding carboxylic acids is 2. The summed E-state index contributed by atoms with van der Waals surface area (Å²) in [5.74, 6) is 0.107. The second-order valence-electron chi connectivity index (χ2n) is 4.47. The Balaban J connectivity index is 1.59. The number of rotatable bonds is 4. The lowest BCUT2D eigenvalue weighted by Crippen LogP contribution is -2.17. The Morgan fingerprint density at radius 3 is 2.71 bits per heavy atom. The molecule has 2 aromatic carbocycles. The summed E-state index contributed by atoms with van der Waals surface area (Å²) in [5, 5.41) is 0. The average Bonchev–Trinajstić information content (AvgIpc) is 2.87. The Morgan fingerprint density at radius 2 is 1.90 bits per heavy atom. The van der Waals surface area contributed by atoms with Crippen LogP contribution in [0.5, 0.6) is 11.5 Å². The van der Waals surface area contributed by atoms with E-state index >= 15 is 0 Å². The van der Waals surface area contributed by atoms with Gasteiger partial charge in [0.1, 0.15) is 18.1 Å². The lowest BCUT2D eigenvalue weighted by molar-refractivity contribution is -0.136. The zero-order valence-electron chi connectivity index (χ0n) is 11.1. The van der Waals surface area contributed by atoms with Crippen molar-refractivity contribution in [2.75, 3.05) is 6.61 Å². The number of para-hydroxylation sites is 1. The highest BCUT2D eigenvalue weighted by molar-refractivity contribution is 5.93. The summed E-state index contributed by atoms with van der Waals surface area (Å²) in [7, 11) is 0. The fourth-order valence-electron chi connectivity index (χ4n) is 1.99. The number of esters is 2. The second kappa shape index (κ2) is 5.66. The van der Waals surface area contributed by atoms with Gasteiger partial charge in [-0.2, -0.15) is 0 Å². The van der Waals surface area contributed by atoms with Crippen molar-refractivity contribution in [1.29, 1.82) is 0 Å². The molecule has 3 rings (SSSR count). The van der Waals surface area contributed by atoms with Gasteiger partial charge in [-0.25, -0.2) is 9.59 Å². The van der Waals surface area contributed by atoms with E-state index in [0.29, 0.717) is 22.6 Å². The van der Waals surface area contributed by atoms with Crippen LogP contribution in [-0.4, -0.2) is 18.5 Å². The quantitative estimate of drug-likeness (QED) is 0.637. The topological polar surface area (TPSA) is 61.8 Å². The summed E-state index contributed by atoms with van der Waals surface area (Å²) in [4.78, 5) is 23.0. The summed E-state index contributed by atoms with van der Waals surface area (Å²) in [6.07, 6.45) is 0. The van der Waals surface area contributed by atoms with Crippen molar-refractivity contribution in [1.82, 2.24) is 0 Å². The first-order valence-corrected chi connectivity index (χ1v) is 6.41. The number of fused-ring (bicyclic) bond motifs is 1.